The van der Waals surface area contributed by atoms with E-state index in [0.717, 1.165) is 0 Å². The summed E-state index contributed by atoms with van der Waals surface area (Å²) in [5.41, 5.74) is -0.00551. The van der Waals surface area contributed by atoms with E-state index in [1.54, 1.807) is 24.3 Å². The van der Waals surface area contributed by atoms with E-state index in [0.29, 0.717) is 10.9 Å². The van der Waals surface area contributed by atoms with Crippen molar-refractivity contribution in [2.24, 2.45) is 0 Å². The zero-order valence-corrected chi connectivity index (χ0v) is 7.57. The maximum Gasteiger partial charge on any atom is 0.279 e. The van der Waals surface area contributed by atoms with Crippen molar-refractivity contribution >= 4 is 10.9 Å². The predicted octanol–water partition coefficient (Wildman–Crippen LogP) is 0.592. The van der Waals surface area contributed by atoms with Crippen molar-refractivity contribution in [3.8, 4) is 0 Å². The molecule has 0 bridgehead atoms. The molecule has 0 aliphatic heterocycles. The van der Waals surface area contributed by atoms with E-state index in [4.69, 9.17) is 0 Å². The monoisotopic (exact) mass is 188 g/mol. The molecule has 4 heteroatoms. The molecule has 0 amide bonds. The summed E-state index contributed by atoms with van der Waals surface area (Å²) < 4.78 is 0. The molecule has 14 heavy (non-hydrogen) atoms. The van der Waals surface area contributed by atoms with Crippen LogP contribution < -0.4 is 11.1 Å². The van der Waals surface area contributed by atoms with Crippen molar-refractivity contribution in [3.05, 3.63) is 50.7 Å². The number of nitrogens with one attached hydrogen (secondary N) is 1. The van der Waals surface area contributed by atoms with Crippen LogP contribution in [-0.4, -0.2) is 9.97 Å². The smallest absolute Gasteiger partial charge is 0.279 e. The minimum Gasteiger partial charge on any atom is -0.320 e. The maximum atomic E-state index is 11.5. The summed E-state index contributed by atoms with van der Waals surface area (Å²) in [4.78, 5) is 29.1. The first-order chi connectivity index (χ1) is 6.68. The molecule has 0 radical (unpaired) electrons. The first-order valence-corrected chi connectivity index (χ1v) is 4.18. The normalized spacial score (nSPS) is 10.4. The van der Waals surface area contributed by atoms with E-state index in [2.05, 4.69) is 9.97 Å². The van der Waals surface area contributed by atoms with Gasteiger partial charge in [0.05, 0.1) is 10.9 Å². The molecule has 4 nitrogen and oxygen atoms in total. The van der Waals surface area contributed by atoms with Gasteiger partial charge in [0.25, 0.3) is 11.1 Å². The lowest BCUT2D eigenvalue weighted by Crippen LogP contribution is -2.09. The standard InChI is InChI=1S/C10H8N2O2/c1-6-9(13)12-8-5-3-2-4-7(8)10(14)11-6/h2-5H,1H3,(H,12,13). The Morgan fingerprint density at radius 3 is 2.71 bits per heavy atom. The number of fused-ring (bicyclic) bond motifs is 1. The number of aryl methyl sites for hydroxylation is 1. The van der Waals surface area contributed by atoms with Gasteiger partial charge < -0.3 is 4.98 Å². The Hall–Kier alpha value is -1.97. The third-order valence-corrected chi connectivity index (χ3v) is 2.00. The summed E-state index contributed by atoms with van der Waals surface area (Å²) in [7, 11) is 0. The SMILES string of the molecule is Cc1nc(=O)c2ccccc2[nH]c1=O. The van der Waals surface area contributed by atoms with Gasteiger partial charge in [0.15, 0.2) is 0 Å². The third-order valence-electron chi connectivity index (χ3n) is 2.00. The zero-order valence-electron chi connectivity index (χ0n) is 7.57. The van der Waals surface area contributed by atoms with Gasteiger partial charge in [-0.2, -0.15) is 0 Å². The van der Waals surface area contributed by atoms with Gasteiger partial charge in [0.1, 0.15) is 5.69 Å². The fourth-order valence-electron chi connectivity index (χ4n) is 1.25. The molecule has 0 spiro atoms. The number of hydrogen-bond donors (Lipinski definition) is 1. The van der Waals surface area contributed by atoms with E-state index in [1.165, 1.54) is 6.92 Å². The molecule has 2 rings (SSSR count). The predicted molar refractivity (Wildman–Crippen MR) is 53.4 cm³/mol. The number of aromatic nitrogens is 2. The molecule has 2 aromatic rings. The molecule has 0 atom stereocenters. The van der Waals surface area contributed by atoms with Gasteiger partial charge >= 0.3 is 0 Å². The van der Waals surface area contributed by atoms with Crippen LogP contribution in [0.1, 0.15) is 5.69 Å². The maximum absolute atomic E-state index is 11.5. The highest BCUT2D eigenvalue weighted by atomic mass is 16.1. The molecule has 1 aromatic carbocycles. The summed E-state index contributed by atoms with van der Waals surface area (Å²) in [5, 5.41) is 0.428. The summed E-state index contributed by atoms with van der Waals surface area (Å²) in [6.45, 7) is 1.51. The lowest BCUT2D eigenvalue weighted by atomic mass is 10.2. The Bertz CT molecular complexity index is 602. The van der Waals surface area contributed by atoms with Gasteiger partial charge in [-0.1, -0.05) is 12.1 Å². The molecule has 0 saturated heterocycles. The molecule has 1 heterocycles. The Labute approximate surface area is 79.3 Å². The van der Waals surface area contributed by atoms with Gasteiger partial charge in [-0.05, 0) is 19.1 Å². The van der Waals surface area contributed by atoms with Crippen LogP contribution in [-0.2, 0) is 0 Å². The molecule has 0 saturated carbocycles. The van der Waals surface area contributed by atoms with Crippen molar-refractivity contribution in [3.63, 3.8) is 0 Å². The number of benzene rings is 1. The summed E-state index contributed by atoms with van der Waals surface area (Å²) in [6.07, 6.45) is 0. The Morgan fingerprint density at radius 2 is 1.93 bits per heavy atom. The highest BCUT2D eigenvalue weighted by Crippen LogP contribution is 2.01. The molecule has 0 fully saturated rings. The molecule has 70 valence electrons. The Kier molecular flexibility index (Phi) is 1.89. The van der Waals surface area contributed by atoms with Crippen molar-refractivity contribution in [1.29, 1.82) is 0 Å². The molecule has 0 unspecified atom stereocenters. The minimum atomic E-state index is -0.378. The van der Waals surface area contributed by atoms with Crippen LogP contribution in [0.4, 0.5) is 0 Å². The Morgan fingerprint density at radius 1 is 1.21 bits per heavy atom. The van der Waals surface area contributed by atoms with Crippen molar-refractivity contribution in [2.75, 3.05) is 0 Å². The minimum absolute atomic E-state index is 0.186. The third kappa shape index (κ3) is 1.31. The van der Waals surface area contributed by atoms with Crippen LogP contribution >= 0.6 is 0 Å². The first kappa shape index (κ1) is 8.62. The lowest BCUT2D eigenvalue weighted by molar-refractivity contribution is 1.12. The quantitative estimate of drug-likeness (QED) is 0.658. The fourth-order valence-corrected chi connectivity index (χ4v) is 1.25. The molecule has 0 aliphatic carbocycles. The second-order valence-corrected chi connectivity index (χ2v) is 3.00. The van der Waals surface area contributed by atoms with Crippen LogP contribution in [0, 0.1) is 6.92 Å². The van der Waals surface area contributed by atoms with Crippen LogP contribution in [0.15, 0.2) is 33.9 Å². The summed E-state index contributed by atoms with van der Waals surface area (Å²) in [5.74, 6) is 0. The van der Waals surface area contributed by atoms with E-state index in [9.17, 15) is 9.59 Å². The average Bonchev–Trinajstić information content (AvgIpc) is 2.27. The molecule has 0 aliphatic rings. The van der Waals surface area contributed by atoms with Crippen LogP contribution in [0.3, 0.4) is 0 Å². The van der Waals surface area contributed by atoms with Gasteiger partial charge in [0, 0.05) is 0 Å². The van der Waals surface area contributed by atoms with Gasteiger partial charge in [0.2, 0.25) is 0 Å². The van der Waals surface area contributed by atoms with Crippen molar-refractivity contribution in [2.45, 2.75) is 6.92 Å². The molecule has 1 aromatic heterocycles. The van der Waals surface area contributed by atoms with Crippen LogP contribution in [0.5, 0.6) is 0 Å². The van der Waals surface area contributed by atoms with Crippen molar-refractivity contribution in [1.82, 2.24) is 9.97 Å². The average molecular weight is 188 g/mol. The number of nitrogens with zero attached hydrogens (tertiary/aromatic N) is 1. The zero-order chi connectivity index (χ0) is 10.1. The lowest BCUT2D eigenvalue weighted by Gasteiger charge is -1.86. The second kappa shape index (κ2) is 3.06. The number of para-hydroxylation sites is 1. The highest BCUT2D eigenvalue weighted by molar-refractivity contribution is 5.76. The van der Waals surface area contributed by atoms with E-state index in [1.807, 2.05) is 0 Å². The summed E-state index contributed by atoms with van der Waals surface area (Å²) in [6, 6.07) is 6.81. The number of aromatic amines is 1. The van der Waals surface area contributed by atoms with Gasteiger partial charge in [-0.15, -0.1) is 0 Å². The Balaban J connectivity index is 3.13. The van der Waals surface area contributed by atoms with Gasteiger partial charge in [-0.25, -0.2) is 4.98 Å². The second-order valence-electron chi connectivity index (χ2n) is 3.00. The van der Waals surface area contributed by atoms with Crippen molar-refractivity contribution < 1.29 is 0 Å². The largest absolute Gasteiger partial charge is 0.320 e. The van der Waals surface area contributed by atoms with Crippen LogP contribution in [0.2, 0.25) is 0 Å². The fraction of sp³-hybridized carbons (Fsp3) is 0.100. The van der Waals surface area contributed by atoms with E-state index < -0.39 is 0 Å². The van der Waals surface area contributed by atoms with Crippen LogP contribution in [0.25, 0.3) is 10.9 Å². The molecule has 1 N–H and O–H groups in total. The molecular formula is C10H8N2O2. The number of rotatable bonds is 0. The number of H-pyrrole nitrogens is 1. The summed E-state index contributed by atoms with van der Waals surface area (Å²) >= 11 is 0. The van der Waals surface area contributed by atoms with Gasteiger partial charge in [-0.3, -0.25) is 9.59 Å². The first-order valence-electron chi connectivity index (χ1n) is 4.18. The topological polar surface area (TPSA) is 62.8 Å². The van der Waals surface area contributed by atoms with E-state index in [-0.39, 0.29) is 16.8 Å². The number of hydrogen-bond acceptors (Lipinski definition) is 3. The van der Waals surface area contributed by atoms with E-state index >= 15 is 0 Å². The highest BCUT2D eigenvalue weighted by Gasteiger charge is 1.99. The molecular weight excluding hydrogens is 180 g/mol.